The van der Waals surface area contributed by atoms with Crippen molar-refractivity contribution in [3.8, 4) is 11.5 Å². The van der Waals surface area contributed by atoms with E-state index in [4.69, 9.17) is 10.3 Å². The fourth-order valence-corrected chi connectivity index (χ4v) is 2.40. The number of para-hydroxylation sites is 1. The molecule has 0 spiro atoms. The van der Waals surface area contributed by atoms with Crippen LogP contribution >= 0.6 is 15.9 Å². The van der Waals surface area contributed by atoms with Crippen molar-refractivity contribution in [2.24, 2.45) is 0 Å². The molecule has 4 nitrogen and oxygen atoms in total. The first kappa shape index (κ1) is 12.9. The maximum atomic E-state index is 5.90. The van der Waals surface area contributed by atoms with E-state index >= 15 is 0 Å². The molecule has 1 aromatic heterocycles. The van der Waals surface area contributed by atoms with E-state index in [0.29, 0.717) is 23.8 Å². The van der Waals surface area contributed by atoms with Gasteiger partial charge in [-0.2, -0.15) is 4.98 Å². The second-order valence-corrected chi connectivity index (χ2v) is 5.33. The van der Waals surface area contributed by atoms with E-state index in [0.717, 1.165) is 15.6 Å². The van der Waals surface area contributed by atoms with Crippen LogP contribution in [0.25, 0.3) is 11.5 Å². The number of hydrogen-bond acceptors (Lipinski definition) is 4. The molecule has 0 amide bonds. The maximum Gasteiger partial charge on any atom is 0.260 e. The van der Waals surface area contributed by atoms with Gasteiger partial charge in [-0.05, 0) is 29.8 Å². The number of aromatic nitrogens is 2. The standard InChI is InChI=1S/C15H12BrN3O/c16-11-5-3-4-10(8-11)9-14-18-15(20-19-14)12-6-1-2-7-13(12)17/h1-8H,9,17H2. The summed E-state index contributed by atoms with van der Waals surface area (Å²) in [7, 11) is 0. The van der Waals surface area contributed by atoms with Gasteiger partial charge in [-0.1, -0.05) is 45.4 Å². The van der Waals surface area contributed by atoms with Gasteiger partial charge >= 0.3 is 0 Å². The van der Waals surface area contributed by atoms with E-state index in [1.165, 1.54) is 0 Å². The lowest BCUT2D eigenvalue weighted by Crippen LogP contribution is -1.92. The molecule has 0 fully saturated rings. The van der Waals surface area contributed by atoms with E-state index in [2.05, 4.69) is 26.1 Å². The third-order valence-corrected chi connectivity index (χ3v) is 3.40. The van der Waals surface area contributed by atoms with Crippen LogP contribution in [0.5, 0.6) is 0 Å². The average molecular weight is 330 g/mol. The van der Waals surface area contributed by atoms with Crippen molar-refractivity contribution in [1.29, 1.82) is 0 Å². The van der Waals surface area contributed by atoms with Gasteiger partial charge in [0, 0.05) is 16.6 Å². The Kier molecular flexibility index (Phi) is 3.52. The Bertz CT molecular complexity index is 739. The highest BCUT2D eigenvalue weighted by Crippen LogP contribution is 2.24. The quantitative estimate of drug-likeness (QED) is 0.744. The number of rotatable bonds is 3. The average Bonchev–Trinajstić information content (AvgIpc) is 2.87. The summed E-state index contributed by atoms with van der Waals surface area (Å²) in [6.07, 6.45) is 0.621. The Morgan fingerprint density at radius 3 is 2.75 bits per heavy atom. The van der Waals surface area contributed by atoms with Gasteiger partial charge in [0.15, 0.2) is 5.82 Å². The molecule has 20 heavy (non-hydrogen) atoms. The molecule has 3 rings (SSSR count). The van der Waals surface area contributed by atoms with Crippen molar-refractivity contribution in [2.45, 2.75) is 6.42 Å². The van der Waals surface area contributed by atoms with E-state index in [1.807, 2.05) is 48.5 Å². The normalized spacial score (nSPS) is 10.7. The number of anilines is 1. The molecular weight excluding hydrogens is 318 g/mol. The molecule has 2 N–H and O–H groups in total. The van der Waals surface area contributed by atoms with Crippen LogP contribution in [0, 0.1) is 0 Å². The van der Waals surface area contributed by atoms with Crippen molar-refractivity contribution in [1.82, 2.24) is 10.1 Å². The molecule has 0 unspecified atom stereocenters. The molecular formula is C15H12BrN3O. The number of nitrogens with zero attached hydrogens (tertiary/aromatic N) is 2. The minimum atomic E-state index is 0.452. The minimum absolute atomic E-state index is 0.452. The first-order chi connectivity index (χ1) is 9.72. The van der Waals surface area contributed by atoms with Crippen molar-refractivity contribution >= 4 is 21.6 Å². The lowest BCUT2D eigenvalue weighted by atomic mass is 10.1. The van der Waals surface area contributed by atoms with Crippen LogP contribution in [-0.4, -0.2) is 10.1 Å². The highest BCUT2D eigenvalue weighted by atomic mass is 79.9. The molecule has 0 atom stereocenters. The van der Waals surface area contributed by atoms with Crippen LogP contribution in [0.15, 0.2) is 57.5 Å². The third-order valence-electron chi connectivity index (χ3n) is 2.91. The van der Waals surface area contributed by atoms with Crippen molar-refractivity contribution in [3.05, 3.63) is 64.4 Å². The minimum Gasteiger partial charge on any atom is -0.398 e. The van der Waals surface area contributed by atoms with Gasteiger partial charge in [-0.15, -0.1) is 0 Å². The third kappa shape index (κ3) is 2.72. The summed E-state index contributed by atoms with van der Waals surface area (Å²) in [6, 6.07) is 15.5. The van der Waals surface area contributed by atoms with Gasteiger partial charge in [0.1, 0.15) is 0 Å². The number of nitrogen functional groups attached to an aromatic ring is 1. The summed E-state index contributed by atoms with van der Waals surface area (Å²) in [4.78, 5) is 4.39. The topological polar surface area (TPSA) is 64.9 Å². The first-order valence-corrected chi connectivity index (χ1v) is 6.93. The Morgan fingerprint density at radius 1 is 1.10 bits per heavy atom. The summed E-state index contributed by atoms with van der Waals surface area (Å²) in [5.41, 5.74) is 8.41. The zero-order valence-corrected chi connectivity index (χ0v) is 12.2. The molecule has 3 aromatic rings. The maximum absolute atomic E-state index is 5.90. The molecule has 0 aliphatic carbocycles. The molecule has 2 aromatic carbocycles. The van der Waals surface area contributed by atoms with Crippen molar-refractivity contribution in [3.63, 3.8) is 0 Å². The summed E-state index contributed by atoms with van der Waals surface area (Å²) in [6.45, 7) is 0. The number of halogens is 1. The van der Waals surface area contributed by atoms with Crippen molar-refractivity contribution < 1.29 is 4.52 Å². The van der Waals surface area contributed by atoms with Crippen LogP contribution in [0.1, 0.15) is 11.4 Å². The van der Waals surface area contributed by atoms with E-state index in [1.54, 1.807) is 0 Å². The van der Waals surface area contributed by atoms with Gasteiger partial charge < -0.3 is 10.3 Å². The first-order valence-electron chi connectivity index (χ1n) is 6.14. The molecule has 1 heterocycles. The highest BCUT2D eigenvalue weighted by molar-refractivity contribution is 9.10. The zero-order chi connectivity index (χ0) is 13.9. The molecule has 0 bridgehead atoms. The van der Waals surface area contributed by atoms with E-state index in [9.17, 15) is 0 Å². The second kappa shape index (κ2) is 5.46. The number of nitrogens with two attached hydrogens (primary N) is 1. The predicted molar refractivity (Wildman–Crippen MR) is 81.1 cm³/mol. The molecule has 0 radical (unpaired) electrons. The van der Waals surface area contributed by atoms with Crippen LogP contribution in [0.3, 0.4) is 0 Å². The molecule has 0 aliphatic rings. The predicted octanol–water partition coefficient (Wildman–Crippen LogP) is 3.67. The molecule has 100 valence electrons. The highest BCUT2D eigenvalue weighted by Gasteiger charge is 2.11. The van der Waals surface area contributed by atoms with Gasteiger partial charge in [0.05, 0.1) is 5.56 Å². The van der Waals surface area contributed by atoms with Gasteiger partial charge in [-0.3, -0.25) is 0 Å². The Morgan fingerprint density at radius 2 is 1.95 bits per heavy atom. The van der Waals surface area contributed by atoms with E-state index < -0.39 is 0 Å². The van der Waals surface area contributed by atoms with Gasteiger partial charge in [-0.25, -0.2) is 0 Å². The number of benzene rings is 2. The Hall–Kier alpha value is -2.14. The Balaban J connectivity index is 1.86. The summed E-state index contributed by atoms with van der Waals surface area (Å²) in [5, 5.41) is 4.00. The lowest BCUT2D eigenvalue weighted by molar-refractivity contribution is 0.424. The second-order valence-electron chi connectivity index (χ2n) is 4.41. The lowest BCUT2D eigenvalue weighted by Gasteiger charge is -1.98. The van der Waals surface area contributed by atoms with Gasteiger partial charge in [0.25, 0.3) is 5.89 Å². The largest absolute Gasteiger partial charge is 0.398 e. The SMILES string of the molecule is Nc1ccccc1-c1nc(Cc2cccc(Br)c2)no1. The summed E-state index contributed by atoms with van der Waals surface area (Å²) in [5.74, 6) is 1.09. The monoisotopic (exact) mass is 329 g/mol. The van der Waals surface area contributed by atoms with Crippen LogP contribution in [-0.2, 0) is 6.42 Å². The van der Waals surface area contributed by atoms with Crippen LogP contribution in [0.2, 0.25) is 0 Å². The van der Waals surface area contributed by atoms with Crippen LogP contribution < -0.4 is 5.73 Å². The Labute approximate surface area is 124 Å². The summed E-state index contributed by atoms with van der Waals surface area (Å²) < 4.78 is 6.31. The fourth-order valence-electron chi connectivity index (χ4n) is 1.96. The van der Waals surface area contributed by atoms with E-state index in [-0.39, 0.29) is 0 Å². The number of hydrogen-bond donors (Lipinski definition) is 1. The molecule has 0 saturated heterocycles. The zero-order valence-electron chi connectivity index (χ0n) is 10.6. The van der Waals surface area contributed by atoms with Crippen LogP contribution in [0.4, 0.5) is 5.69 Å². The van der Waals surface area contributed by atoms with Crippen molar-refractivity contribution in [2.75, 3.05) is 5.73 Å². The molecule has 0 saturated carbocycles. The smallest absolute Gasteiger partial charge is 0.260 e. The summed E-state index contributed by atoms with van der Waals surface area (Å²) >= 11 is 3.45. The fraction of sp³-hybridized carbons (Fsp3) is 0.0667. The molecule has 0 aliphatic heterocycles. The van der Waals surface area contributed by atoms with Gasteiger partial charge in [0.2, 0.25) is 0 Å². The molecule has 5 heteroatoms.